The van der Waals surface area contributed by atoms with Gasteiger partial charge in [0.1, 0.15) is 6.04 Å². The molecule has 0 radical (unpaired) electrons. The molecule has 0 aliphatic carbocycles. The van der Waals surface area contributed by atoms with Gasteiger partial charge in [0.2, 0.25) is 0 Å². The predicted octanol–water partition coefficient (Wildman–Crippen LogP) is 0.350. The van der Waals surface area contributed by atoms with Crippen molar-refractivity contribution in [1.82, 2.24) is 0 Å². The second-order valence-corrected chi connectivity index (χ2v) is 1.31. The van der Waals surface area contributed by atoms with E-state index in [-0.39, 0.29) is 30.8 Å². The van der Waals surface area contributed by atoms with E-state index >= 15 is 0 Å². The molecule has 0 aromatic rings. The Hall–Kier alpha value is 0.01000. The van der Waals surface area contributed by atoms with Gasteiger partial charge >= 0.3 is 5.97 Å². The lowest BCUT2D eigenvalue weighted by Crippen LogP contribution is -2.27. The van der Waals surface area contributed by atoms with Crippen molar-refractivity contribution in [2.45, 2.75) is 13.0 Å². The average molecular weight is 176 g/mol. The van der Waals surface area contributed by atoms with Crippen molar-refractivity contribution in [3.63, 3.8) is 0 Å². The number of hydrogen-bond donors (Lipinski definition) is 1. The molecular weight excluding hydrogens is 165 g/mol. The van der Waals surface area contributed by atoms with Gasteiger partial charge in [0.15, 0.2) is 0 Å². The van der Waals surface area contributed by atoms with Crippen LogP contribution in [-0.2, 0) is 9.53 Å². The maximum Gasteiger partial charge on any atom is 0.322 e. The fraction of sp³-hybridized carbons (Fsp3) is 0.750. The third-order valence-corrected chi connectivity index (χ3v) is 0.573. The summed E-state index contributed by atoms with van der Waals surface area (Å²) in [5.74, 6) is -0.375. The summed E-state index contributed by atoms with van der Waals surface area (Å²) in [4.78, 5) is 10.2. The molecule has 9 heavy (non-hydrogen) atoms. The van der Waals surface area contributed by atoms with E-state index in [1.807, 2.05) is 0 Å². The van der Waals surface area contributed by atoms with Gasteiger partial charge in [-0.05, 0) is 6.92 Å². The van der Waals surface area contributed by atoms with Gasteiger partial charge < -0.3 is 10.5 Å². The van der Waals surface area contributed by atoms with E-state index < -0.39 is 6.04 Å². The molecular formula is C4H11Cl2NO2. The highest BCUT2D eigenvalue weighted by atomic mass is 35.5. The van der Waals surface area contributed by atoms with Crippen molar-refractivity contribution in [1.29, 1.82) is 0 Å². The summed E-state index contributed by atoms with van der Waals surface area (Å²) in [5, 5.41) is 0. The number of ether oxygens (including phenoxy) is 1. The summed E-state index contributed by atoms with van der Waals surface area (Å²) in [5.41, 5.74) is 5.07. The Morgan fingerprint density at radius 1 is 1.56 bits per heavy atom. The van der Waals surface area contributed by atoms with Crippen molar-refractivity contribution in [3.05, 3.63) is 0 Å². The minimum Gasteiger partial charge on any atom is -0.468 e. The van der Waals surface area contributed by atoms with Crippen LogP contribution in [0.25, 0.3) is 0 Å². The van der Waals surface area contributed by atoms with Crippen LogP contribution in [0.4, 0.5) is 0 Å². The molecule has 0 amide bonds. The highest BCUT2D eigenvalue weighted by molar-refractivity contribution is 5.85. The second-order valence-electron chi connectivity index (χ2n) is 1.31. The van der Waals surface area contributed by atoms with Gasteiger partial charge in [-0.3, -0.25) is 4.79 Å². The first kappa shape index (κ1) is 16.0. The Labute approximate surface area is 66.8 Å². The van der Waals surface area contributed by atoms with E-state index in [4.69, 9.17) is 5.73 Å². The zero-order valence-electron chi connectivity index (χ0n) is 5.29. The highest BCUT2D eigenvalue weighted by Gasteiger charge is 2.03. The van der Waals surface area contributed by atoms with E-state index in [9.17, 15) is 4.79 Å². The van der Waals surface area contributed by atoms with Crippen LogP contribution in [-0.4, -0.2) is 19.1 Å². The number of rotatable bonds is 1. The Kier molecular flexibility index (Phi) is 14.2. The lowest BCUT2D eigenvalue weighted by Gasteiger charge is -1.98. The molecule has 0 saturated carbocycles. The quantitative estimate of drug-likeness (QED) is 0.586. The largest absolute Gasteiger partial charge is 0.468 e. The number of methoxy groups -OCH3 is 1. The third-order valence-electron chi connectivity index (χ3n) is 0.573. The van der Waals surface area contributed by atoms with Gasteiger partial charge in [0.25, 0.3) is 0 Å². The lowest BCUT2D eigenvalue weighted by atomic mass is 10.4. The Morgan fingerprint density at radius 2 is 1.89 bits per heavy atom. The van der Waals surface area contributed by atoms with Gasteiger partial charge in [-0.1, -0.05) is 0 Å². The zero-order chi connectivity index (χ0) is 5.86. The molecule has 0 spiro atoms. The van der Waals surface area contributed by atoms with Crippen molar-refractivity contribution in [2.24, 2.45) is 5.73 Å². The summed E-state index contributed by atoms with van der Waals surface area (Å²) < 4.78 is 4.25. The molecule has 0 aliphatic rings. The third kappa shape index (κ3) is 8.01. The molecule has 0 aliphatic heterocycles. The SMILES string of the molecule is COC(=O)[C@@H](C)N.Cl.Cl. The topological polar surface area (TPSA) is 52.3 Å². The Morgan fingerprint density at radius 3 is 1.89 bits per heavy atom. The van der Waals surface area contributed by atoms with E-state index in [2.05, 4.69) is 4.74 Å². The molecule has 0 bridgehead atoms. The fourth-order valence-electron chi connectivity index (χ4n) is 0.186. The van der Waals surface area contributed by atoms with E-state index in [1.165, 1.54) is 7.11 Å². The van der Waals surface area contributed by atoms with Gasteiger partial charge in [0, 0.05) is 0 Å². The van der Waals surface area contributed by atoms with Crippen LogP contribution in [0.15, 0.2) is 0 Å². The number of carbonyl (C=O) groups is 1. The average Bonchev–Trinajstić information content (AvgIpc) is 1.65. The molecule has 0 rings (SSSR count). The minimum absolute atomic E-state index is 0. The zero-order valence-corrected chi connectivity index (χ0v) is 6.92. The number of nitrogens with two attached hydrogens (primary N) is 1. The first-order valence-corrected chi connectivity index (χ1v) is 2.02. The molecule has 2 N–H and O–H groups in total. The second kappa shape index (κ2) is 8.01. The molecule has 5 heteroatoms. The van der Waals surface area contributed by atoms with Gasteiger partial charge in [-0.2, -0.15) is 0 Å². The van der Waals surface area contributed by atoms with Gasteiger partial charge in [-0.15, -0.1) is 24.8 Å². The molecule has 58 valence electrons. The standard InChI is InChI=1S/C4H9NO2.2ClH/c1-3(5)4(6)7-2;;/h3H,5H2,1-2H3;2*1H/t3-;;/m1../s1. The van der Waals surface area contributed by atoms with E-state index in [0.29, 0.717) is 0 Å². The first-order chi connectivity index (χ1) is 3.18. The molecule has 1 atom stereocenters. The van der Waals surface area contributed by atoms with E-state index in [0.717, 1.165) is 0 Å². The van der Waals surface area contributed by atoms with Crippen molar-refractivity contribution in [3.8, 4) is 0 Å². The van der Waals surface area contributed by atoms with E-state index in [1.54, 1.807) is 6.92 Å². The molecule has 0 heterocycles. The van der Waals surface area contributed by atoms with Crippen LogP contribution in [0.5, 0.6) is 0 Å². The highest BCUT2D eigenvalue weighted by Crippen LogP contribution is 1.76. The van der Waals surface area contributed by atoms with Crippen LogP contribution < -0.4 is 5.73 Å². The molecule has 0 saturated heterocycles. The Bertz CT molecular complexity index is 77.0. The van der Waals surface area contributed by atoms with Crippen molar-refractivity contribution >= 4 is 30.8 Å². The predicted molar refractivity (Wildman–Crippen MR) is 40.2 cm³/mol. The summed E-state index contributed by atoms with van der Waals surface area (Å²) in [7, 11) is 1.31. The normalized spacial score (nSPS) is 10.1. The molecule has 3 nitrogen and oxygen atoms in total. The van der Waals surface area contributed by atoms with Crippen LogP contribution in [0.1, 0.15) is 6.92 Å². The summed E-state index contributed by atoms with van der Waals surface area (Å²) in [6.45, 7) is 1.58. The van der Waals surface area contributed by atoms with Crippen LogP contribution >= 0.6 is 24.8 Å². The minimum atomic E-state index is -0.495. The number of halogens is 2. The van der Waals surface area contributed by atoms with Crippen LogP contribution in [0.2, 0.25) is 0 Å². The summed E-state index contributed by atoms with van der Waals surface area (Å²) in [6, 6.07) is -0.495. The van der Waals surface area contributed by atoms with Gasteiger partial charge in [-0.25, -0.2) is 0 Å². The fourth-order valence-corrected chi connectivity index (χ4v) is 0.186. The molecule has 0 unspecified atom stereocenters. The monoisotopic (exact) mass is 175 g/mol. The summed E-state index contributed by atoms with van der Waals surface area (Å²) >= 11 is 0. The molecule has 0 aromatic heterocycles. The van der Waals surface area contributed by atoms with Crippen LogP contribution in [0.3, 0.4) is 0 Å². The number of carbonyl (C=O) groups excluding carboxylic acids is 1. The smallest absolute Gasteiger partial charge is 0.322 e. The van der Waals surface area contributed by atoms with Crippen molar-refractivity contribution < 1.29 is 9.53 Å². The maximum absolute atomic E-state index is 10.2. The maximum atomic E-state index is 10.2. The molecule has 0 fully saturated rings. The van der Waals surface area contributed by atoms with Crippen molar-refractivity contribution in [2.75, 3.05) is 7.11 Å². The number of hydrogen-bond acceptors (Lipinski definition) is 3. The molecule has 0 aromatic carbocycles. The lowest BCUT2D eigenvalue weighted by molar-refractivity contribution is -0.141. The summed E-state index contributed by atoms with van der Waals surface area (Å²) in [6.07, 6.45) is 0. The first-order valence-electron chi connectivity index (χ1n) is 2.02. The number of esters is 1. The Balaban J connectivity index is -0.000000180. The van der Waals surface area contributed by atoms with Crippen LogP contribution in [0, 0.1) is 0 Å². The van der Waals surface area contributed by atoms with Gasteiger partial charge in [0.05, 0.1) is 7.11 Å².